The first kappa shape index (κ1) is 13.1. The van der Waals surface area contributed by atoms with Crippen molar-refractivity contribution in [1.29, 1.82) is 0 Å². The van der Waals surface area contributed by atoms with Gasteiger partial charge in [-0.1, -0.05) is 18.6 Å². The lowest BCUT2D eigenvalue weighted by atomic mass is 9.98. The van der Waals surface area contributed by atoms with Crippen LogP contribution in [0.5, 0.6) is 0 Å². The number of hydrogen-bond acceptors (Lipinski definition) is 3. The van der Waals surface area contributed by atoms with Crippen molar-refractivity contribution in [3.8, 4) is 0 Å². The van der Waals surface area contributed by atoms with Crippen molar-refractivity contribution in [3.05, 3.63) is 23.3 Å². The molecule has 2 aliphatic carbocycles. The number of allylic oxidation sites excluding steroid dienone is 2. The Balaban J connectivity index is 1.75. The highest BCUT2D eigenvalue weighted by atomic mass is 16.5. The molecular weight excluding hydrogens is 238 g/mol. The van der Waals surface area contributed by atoms with E-state index in [-0.39, 0.29) is 17.6 Å². The number of ketones is 1. The SMILES string of the molecule is CCN1CCCC1(C)OC1CCC2=C1C=CC(=O)C2. The van der Waals surface area contributed by atoms with Crippen LogP contribution in [0, 0.1) is 0 Å². The third-order valence-corrected chi connectivity index (χ3v) is 4.82. The number of ether oxygens (including phenoxy) is 1. The summed E-state index contributed by atoms with van der Waals surface area (Å²) in [5, 5.41) is 0. The average molecular weight is 261 g/mol. The molecule has 0 radical (unpaired) electrons. The molecule has 0 aromatic rings. The topological polar surface area (TPSA) is 29.5 Å². The van der Waals surface area contributed by atoms with Crippen LogP contribution in [0.15, 0.2) is 23.3 Å². The van der Waals surface area contributed by atoms with Crippen LogP contribution < -0.4 is 0 Å². The molecule has 3 rings (SSSR count). The smallest absolute Gasteiger partial charge is 0.159 e. The fraction of sp³-hybridized carbons (Fsp3) is 0.688. The van der Waals surface area contributed by atoms with Gasteiger partial charge >= 0.3 is 0 Å². The van der Waals surface area contributed by atoms with E-state index >= 15 is 0 Å². The summed E-state index contributed by atoms with van der Waals surface area (Å²) in [5.41, 5.74) is 2.47. The second-order valence-corrected chi connectivity index (χ2v) is 6.04. The number of hydrogen-bond donors (Lipinski definition) is 0. The highest BCUT2D eigenvalue weighted by Crippen LogP contribution is 2.39. The molecule has 3 nitrogen and oxygen atoms in total. The Hall–Kier alpha value is -0.930. The summed E-state index contributed by atoms with van der Waals surface area (Å²) in [6.07, 6.45) is 8.91. The van der Waals surface area contributed by atoms with E-state index in [1.807, 2.05) is 6.08 Å². The number of likely N-dealkylation sites (tertiary alicyclic amines) is 1. The predicted molar refractivity (Wildman–Crippen MR) is 74.8 cm³/mol. The van der Waals surface area contributed by atoms with Gasteiger partial charge in [-0.25, -0.2) is 0 Å². The molecule has 2 unspecified atom stereocenters. The Bertz CT molecular complexity index is 452. The summed E-state index contributed by atoms with van der Waals surface area (Å²) in [6, 6.07) is 0. The van der Waals surface area contributed by atoms with Gasteiger partial charge < -0.3 is 4.74 Å². The molecule has 0 aromatic carbocycles. The summed E-state index contributed by atoms with van der Waals surface area (Å²) in [6.45, 7) is 6.61. The van der Waals surface area contributed by atoms with Gasteiger partial charge in [0.05, 0.1) is 6.10 Å². The first-order valence-corrected chi connectivity index (χ1v) is 7.48. The molecule has 0 saturated carbocycles. The first-order valence-electron chi connectivity index (χ1n) is 7.48. The van der Waals surface area contributed by atoms with Crippen molar-refractivity contribution in [2.24, 2.45) is 0 Å². The Labute approximate surface area is 115 Å². The minimum absolute atomic E-state index is 0.114. The van der Waals surface area contributed by atoms with Crippen LogP contribution in [-0.4, -0.2) is 35.6 Å². The van der Waals surface area contributed by atoms with Gasteiger partial charge in [-0.05, 0) is 50.8 Å². The lowest BCUT2D eigenvalue weighted by molar-refractivity contribution is -0.144. The summed E-state index contributed by atoms with van der Waals surface area (Å²) in [7, 11) is 0. The van der Waals surface area contributed by atoms with Crippen LogP contribution in [0.4, 0.5) is 0 Å². The Kier molecular flexibility index (Phi) is 3.35. The van der Waals surface area contributed by atoms with Gasteiger partial charge in [0, 0.05) is 13.0 Å². The average Bonchev–Trinajstić information content (AvgIpc) is 2.93. The summed E-state index contributed by atoms with van der Waals surface area (Å²) >= 11 is 0. The van der Waals surface area contributed by atoms with Crippen LogP contribution in [0.2, 0.25) is 0 Å². The standard InChI is InChI=1S/C16H23NO2/c1-3-17-10-4-9-16(17,2)19-15-8-5-12-11-13(18)6-7-14(12)15/h6-7,15H,3-5,8-11H2,1-2H3. The largest absolute Gasteiger partial charge is 0.353 e. The van der Waals surface area contributed by atoms with E-state index in [1.54, 1.807) is 6.08 Å². The molecule has 0 bridgehead atoms. The van der Waals surface area contributed by atoms with Crippen molar-refractivity contribution in [2.75, 3.05) is 13.1 Å². The van der Waals surface area contributed by atoms with Crippen molar-refractivity contribution in [2.45, 2.75) is 57.8 Å². The minimum Gasteiger partial charge on any atom is -0.353 e. The molecule has 1 fully saturated rings. The van der Waals surface area contributed by atoms with E-state index in [1.165, 1.54) is 17.6 Å². The lowest BCUT2D eigenvalue weighted by Gasteiger charge is -2.37. The molecule has 0 aromatic heterocycles. The van der Waals surface area contributed by atoms with E-state index in [2.05, 4.69) is 18.7 Å². The fourth-order valence-corrected chi connectivity index (χ4v) is 3.75. The molecule has 104 valence electrons. The molecule has 0 amide bonds. The Morgan fingerprint density at radius 1 is 1.47 bits per heavy atom. The Morgan fingerprint density at radius 3 is 3.11 bits per heavy atom. The fourth-order valence-electron chi connectivity index (χ4n) is 3.75. The van der Waals surface area contributed by atoms with Gasteiger partial charge in [0.25, 0.3) is 0 Å². The minimum atomic E-state index is -0.114. The molecule has 1 saturated heterocycles. The van der Waals surface area contributed by atoms with Gasteiger partial charge in [0.15, 0.2) is 5.78 Å². The van der Waals surface area contributed by atoms with Crippen molar-refractivity contribution < 1.29 is 9.53 Å². The monoisotopic (exact) mass is 261 g/mol. The number of carbonyl (C=O) groups is 1. The van der Waals surface area contributed by atoms with Crippen molar-refractivity contribution in [1.82, 2.24) is 4.90 Å². The van der Waals surface area contributed by atoms with Gasteiger partial charge in [-0.2, -0.15) is 0 Å². The van der Waals surface area contributed by atoms with E-state index < -0.39 is 0 Å². The maximum Gasteiger partial charge on any atom is 0.159 e. The maximum atomic E-state index is 11.4. The van der Waals surface area contributed by atoms with Crippen LogP contribution in [0.25, 0.3) is 0 Å². The van der Waals surface area contributed by atoms with E-state index in [0.29, 0.717) is 6.42 Å². The van der Waals surface area contributed by atoms with Gasteiger partial charge in [-0.3, -0.25) is 9.69 Å². The Morgan fingerprint density at radius 2 is 2.32 bits per heavy atom. The molecule has 2 atom stereocenters. The van der Waals surface area contributed by atoms with Gasteiger partial charge in [0.2, 0.25) is 0 Å². The number of carbonyl (C=O) groups excluding carboxylic acids is 1. The zero-order valence-electron chi connectivity index (χ0n) is 11.9. The number of nitrogens with zero attached hydrogens (tertiary/aromatic N) is 1. The van der Waals surface area contributed by atoms with Gasteiger partial charge in [0.1, 0.15) is 5.72 Å². The second-order valence-electron chi connectivity index (χ2n) is 6.04. The molecular formula is C16H23NO2. The molecule has 1 heterocycles. The van der Waals surface area contributed by atoms with Crippen molar-refractivity contribution >= 4 is 5.78 Å². The predicted octanol–water partition coefficient (Wildman–Crippen LogP) is 2.82. The van der Waals surface area contributed by atoms with E-state index in [4.69, 9.17) is 4.74 Å². The third kappa shape index (κ3) is 2.30. The van der Waals surface area contributed by atoms with E-state index in [9.17, 15) is 4.79 Å². The van der Waals surface area contributed by atoms with Crippen LogP contribution in [0.1, 0.15) is 46.0 Å². The summed E-state index contributed by atoms with van der Waals surface area (Å²) in [4.78, 5) is 13.9. The molecule has 3 heteroatoms. The zero-order chi connectivity index (χ0) is 13.5. The maximum absolute atomic E-state index is 11.4. The third-order valence-electron chi connectivity index (χ3n) is 4.82. The molecule has 3 aliphatic rings. The highest BCUT2D eigenvalue weighted by Gasteiger charge is 2.40. The highest BCUT2D eigenvalue weighted by molar-refractivity contribution is 5.93. The molecule has 1 aliphatic heterocycles. The second kappa shape index (κ2) is 4.88. The quantitative estimate of drug-likeness (QED) is 0.782. The zero-order valence-corrected chi connectivity index (χ0v) is 11.9. The van der Waals surface area contributed by atoms with Crippen molar-refractivity contribution in [3.63, 3.8) is 0 Å². The normalized spacial score (nSPS) is 35.3. The van der Waals surface area contributed by atoms with E-state index in [0.717, 1.165) is 32.4 Å². The van der Waals surface area contributed by atoms with Gasteiger partial charge in [-0.15, -0.1) is 0 Å². The number of rotatable bonds is 3. The van der Waals surface area contributed by atoms with Crippen LogP contribution in [-0.2, 0) is 9.53 Å². The molecule has 0 N–H and O–H groups in total. The van der Waals surface area contributed by atoms with Crippen LogP contribution in [0.3, 0.4) is 0 Å². The lowest BCUT2D eigenvalue weighted by Crippen LogP contribution is -2.45. The molecule has 0 spiro atoms. The van der Waals surface area contributed by atoms with Crippen LogP contribution >= 0.6 is 0 Å². The summed E-state index contributed by atoms with van der Waals surface area (Å²) in [5.74, 6) is 0.238. The molecule has 19 heavy (non-hydrogen) atoms. The first-order chi connectivity index (χ1) is 9.12. The summed E-state index contributed by atoms with van der Waals surface area (Å²) < 4.78 is 6.47.